The molecule has 0 radical (unpaired) electrons. The number of hydrogen-bond acceptors (Lipinski definition) is 0. The van der Waals surface area contributed by atoms with Crippen LogP contribution in [0.3, 0.4) is 0 Å². The molecule has 0 amide bonds. The molecule has 0 N–H and O–H groups in total. The van der Waals surface area contributed by atoms with Crippen LogP contribution in [0.15, 0.2) is 0 Å². The first kappa shape index (κ1) is 9.95. The van der Waals surface area contributed by atoms with Crippen molar-refractivity contribution in [2.45, 2.75) is 43.0 Å². The van der Waals surface area contributed by atoms with E-state index in [1.54, 1.807) is 0 Å². The van der Waals surface area contributed by atoms with Crippen molar-refractivity contribution in [1.82, 2.24) is 0 Å². The van der Waals surface area contributed by atoms with Crippen LogP contribution in [0.4, 0.5) is 0 Å². The molecule has 0 saturated carbocycles. The van der Waals surface area contributed by atoms with Crippen molar-refractivity contribution in [1.29, 1.82) is 0 Å². The second kappa shape index (κ2) is 3.96. The number of rotatable bonds is 3. The maximum Gasteiger partial charge on any atom is 0.0637 e. The quantitative estimate of drug-likeness (QED) is 0.412. The van der Waals surface area contributed by atoms with Gasteiger partial charge in [-0.2, -0.15) is 0 Å². The summed E-state index contributed by atoms with van der Waals surface area (Å²) in [5.74, 6) is 0. The number of halogens is 1. The molecule has 56 valence electrons. The Morgan fingerprint density at radius 2 is 1.67 bits per heavy atom. The summed E-state index contributed by atoms with van der Waals surface area (Å²) in [6.45, 7) is 9.54. The van der Waals surface area contributed by atoms with Crippen LogP contribution < -0.4 is 0 Å². The van der Waals surface area contributed by atoms with E-state index in [1.165, 1.54) is 12.1 Å². The van der Waals surface area contributed by atoms with E-state index < -0.39 is 8.07 Å². The molecule has 0 aromatic heterocycles. The second-order valence-corrected chi connectivity index (χ2v) is 11.6. The van der Waals surface area contributed by atoms with E-state index in [2.05, 4.69) is 49.9 Å². The summed E-state index contributed by atoms with van der Waals surface area (Å²) in [5.41, 5.74) is 0. The standard InChI is InChI=1S/C7H17ISi/c1-5-9(4,6-2)7(3)8/h7H,5-6H2,1-4H3. The molecule has 1 atom stereocenters. The molecule has 0 nitrogen and oxygen atoms in total. The van der Waals surface area contributed by atoms with E-state index in [-0.39, 0.29) is 0 Å². The van der Waals surface area contributed by atoms with Crippen molar-refractivity contribution in [3.05, 3.63) is 0 Å². The zero-order valence-electron chi connectivity index (χ0n) is 6.87. The molecule has 0 aliphatic rings. The minimum Gasteiger partial charge on any atom is -0.0863 e. The van der Waals surface area contributed by atoms with Crippen LogP contribution >= 0.6 is 22.6 Å². The van der Waals surface area contributed by atoms with Gasteiger partial charge in [0.2, 0.25) is 0 Å². The van der Waals surface area contributed by atoms with Gasteiger partial charge in [0.15, 0.2) is 0 Å². The first-order chi connectivity index (χ1) is 4.06. The summed E-state index contributed by atoms with van der Waals surface area (Å²) in [5, 5.41) is 0. The summed E-state index contributed by atoms with van der Waals surface area (Å²) < 4.78 is 0.935. The molecule has 1 unspecified atom stereocenters. The maximum absolute atomic E-state index is 2.58. The van der Waals surface area contributed by atoms with E-state index in [1.807, 2.05) is 0 Å². The highest BCUT2D eigenvalue weighted by Gasteiger charge is 2.27. The molecule has 0 aliphatic carbocycles. The highest BCUT2D eigenvalue weighted by atomic mass is 127. The lowest BCUT2D eigenvalue weighted by Gasteiger charge is -2.27. The maximum atomic E-state index is 2.58. The van der Waals surface area contributed by atoms with Crippen LogP contribution in [0.1, 0.15) is 20.8 Å². The number of alkyl halides is 1. The van der Waals surface area contributed by atoms with Gasteiger partial charge in [-0.15, -0.1) is 0 Å². The van der Waals surface area contributed by atoms with Gasteiger partial charge in [0.05, 0.1) is 8.07 Å². The van der Waals surface area contributed by atoms with E-state index in [9.17, 15) is 0 Å². The Labute approximate surface area is 73.6 Å². The molecule has 0 fully saturated rings. The molecule has 0 aromatic rings. The third-order valence-corrected chi connectivity index (χ3v) is 12.2. The summed E-state index contributed by atoms with van der Waals surface area (Å²) in [6.07, 6.45) is 0. The fourth-order valence-corrected chi connectivity index (χ4v) is 5.08. The monoisotopic (exact) mass is 256 g/mol. The van der Waals surface area contributed by atoms with Gasteiger partial charge in [-0.3, -0.25) is 0 Å². The predicted octanol–water partition coefficient (Wildman–Crippen LogP) is 3.47. The zero-order chi connectivity index (χ0) is 7.49. The Balaban J connectivity index is 3.92. The average Bonchev–Trinajstić information content (AvgIpc) is 1.86. The largest absolute Gasteiger partial charge is 0.0863 e. The van der Waals surface area contributed by atoms with Crippen LogP contribution in [-0.2, 0) is 0 Å². The van der Waals surface area contributed by atoms with Crippen molar-refractivity contribution in [2.75, 3.05) is 0 Å². The molecule has 9 heavy (non-hydrogen) atoms. The van der Waals surface area contributed by atoms with Gasteiger partial charge in [0.1, 0.15) is 0 Å². The minimum atomic E-state index is -0.788. The second-order valence-electron chi connectivity index (χ2n) is 2.98. The Hall–Kier alpha value is 0.947. The predicted molar refractivity (Wildman–Crippen MR) is 56.1 cm³/mol. The van der Waals surface area contributed by atoms with Crippen LogP contribution in [0.25, 0.3) is 0 Å². The lowest BCUT2D eigenvalue weighted by Crippen LogP contribution is -2.37. The van der Waals surface area contributed by atoms with E-state index in [0.717, 1.165) is 3.55 Å². The van der Waals surface area contributed by atoms with E-state index in [4.69, 9.17) is 0 Å². The molecule has 0 spiro atoms. The van der Waals surface area contributed by atoms with Gasteiger partial charge < -0.3 is 0 Å². The molecule has 0 bridgehead atoms. The molecular formula is C7H17ISi. The Morgan fingerprint density at radius 1 is 1.33 bits per heavy atom. The fraction of sp³-hybridized carbons (Fsp3) is 1.00. The molecule has 0 rings (SSSR count). The SMILES string of the molecule is CC[Si](C)(CC)C(C)I. The van der Waals surface area contributed by atoms with Crippen molar-refractivity contribution in [3.63, 3.8) is 0 Å². The van der Waals surface area contributed by atoms with Crippen LogP contribution in [-0.4, -0.2) is 11.6 Å². The van der Waals surface area contributed by atoms with Gasteiger partial charge in [0, 0.05) is 3.55 Å². The van der Waals surface area contributed by atoms with E-state index in [0.29, 0.717) is 0 Å². The van der Waals surface area contributed by atoms with Crippen molar-refractivity contribution >= 4 is 30.7 Å². The summed E-state index contributed by atoms with van der Waals surface area (Å²) >= 11 is 2.58. The van der Waals surface area contributed by atoms with Crippen LogP contribution in [0, 0.1) is 0 Å². The summed E-state index contributed by atoms with van der Waals surface area (Å²) in [4.78, 5) is 0. The lowest BCUT2D eigenvalue weighted by atomic mass is 10.9. The van der Waals surface area contributed by atoms with Crippen LogP contribution in [0.2, 0.25) is 18.6 Å². The van der Waals surface area contributed by atoms with Gasteiger partial charge in [-0.25, -0.2) is 0 Å². The lowest BCUT2D eigenvalue weighted by molar-refractivity contribution is 1.17. The Kier molecular flexibility index (Phi) is 4.38. The smallest absolute Gasteiger partial charge is 0.0637 e. The third-order valence-electron chi connectivity index (χ3n) is 2.58. The first-order valence-electron chi connectivity index (χ1n) is 3.71. The van der Waals surface area contributed by atoms with Gasteiger partial charge in [-0.05, 0) is 0 Å². The minimum absolute atomic E-state index is 0.788. The first-order valence-corrected chi connectivity index (χ1v) is 7.94. The highest BCUT2D eigenvalue weighted by molar-refractivity contribution is 14.1. The Morgan fingerprint density at radius 3 is 1.67 bits per heavy atom. The van der Waals surface area contributed by atoms with Crippen molar-refractivity contribution in [3.8, 4) is 0 Å². The topological polar surface area (TPSA) is 0 Å². The summed E-state index contributed by atoms with van der Waals surface area (Å²) in [7, 11) is -0.788. The number of hydrogen-bond donors (Lipinski definition) is 0. The van der Waals surface area contributed by atoms with Crippen LogP contribution in [0.5, 0.6) is 0 Å². The Bertz CT molecular complexity index is 77.0. The van der Waals surface area contributed by atoms with Crippen molar-refractivity contribution < 1.29 is 0 Å². The summed E-state index contributed by atoms with van der Waals surface area (Å²) in [6, 6.07) is 2.88. The van der Waals surface area contributed by atoms with E-state index >= 15 is 0 Å². The zero-order valence-corrected chi connectivity index (χ0v) is 10.0. The molecule has 0 heterocycles. The third kappa shape index (κ3) is 2.58. The highest BCUT2D eigenvalue weighted by Crippen LogP contribution is 2.24. The molecule has 2 heteroatoms. The van der Waals surface area contributed by atoms with Crippen molar-refractivity contribution in [2.24, 2.45) is 0 Å². The fourth-order valence-electron chi connectivity index (χ4n) is 0.813. The normalized spacial score (nSPS) is 15.7. The van der Waals surface area contributed by atoms with Gasteiger partial charge >= 0.3 is 0 Å². The molecular weight excluding hydrogens is 239 g/mol. The van der Waals surface area contributed by atoms with Gasteiger partial charge in [0.25, 0.3) is 0 Å². The molecule has 0 saturated heterocycles. The van der Waals surface area contributed by atoms with Gasteiger partial charge in [-0.1, -0.05) is 62.0 Å². The molecule has 0 aromatic carbocycles. The molecule has 0 aliphatic heterocycles. The average molecular weight is 256 g/mol.